The van der Waals surface area contributed by atoms with E-state index in [-0.39, 0.29) is 10.7 Å². The topological polar surface area (TPSA) is 50.3 Å². The van der Waals surface area contributed by atoms with Gasteiger partial charge in [-0.15, -0.1) is 0 Å². The summed E-state index contributed by atoms with van der Waals surface area (Å²) >= 11 is 0.728. The van der Waals surface area contributed by atoms with Gasteiger partial charge in [-0.1, -0.05) is 0 Å². The first-order valence-corrected chi connectivity index (χ1v) is 7.04. The van der Waals surface area contributed by atoms with Crippen molar-refractivity contribution in [2.24, 2.45) is 0 Å². The van der Waals surface area contributed by atoms with E-state index in [1.165, 1.54) is 0 Å². The average molecular weight is 310 g/mol. The van der Waals surface area contributed by atoms with Crippen molar-refractivity contribution in [3.63, 3.8) is 0 Å². The van der Waals surface area contributed by atoms with Gasteiger partial charge in [0.1, 0.15) is 0 Å². The van der Waals surface area contributed by atoms with E-state index in [1.807, 2.05) is 13.8 Å². The molecule has 9 heteroatoms. The Hall–Kier alpha value is -0.930. The van der Waals surface area contributed by atoms with E-state index >= 15 is 0 Å². The molecule has 0 saturated carbocycles. The Balaban J connectivity index is 1.92. The summed E-state index contributed by atoms with van der Waals surface area (Å²) < 4.78 is 45.8. The Morgan fingerprint density at radius 3 is 2.50 bits per heavy atom. The fourth-order valence-electron chi connectivity index (χ4n) is 1.98. The summed E-state index contributed by atoms with van der Waals surface area (Å²) in [5, 5.41) is 3.13. The number of halogens is 3. The minimum atomic E-state index is -4.49. The number of hydrogen-bond donors (Lipinski definition) is 1. The maximum atomic E-state index is 12.4. The number of nitrogens with one attached hydrogen (secondary N) is 1. The molecule has 0 atom stereocenters. The van der Waals surface area contributed by atoms with Crippen molar-refractivity contribution >= 4 is 16.7 Å². The number of hydrogen-bond acceptors (Lipinski definition) is 6. The number of morpholine rings is 1. The molecule has 5 nitrogen and oxygen atoms in total. The second-order valence-corrected chi connectivity index (χ2v) is 5.94. The molecule has 1 fully saturated rings. The van der Waals surface area contributed by atoms with E-state index in [0.717, 1.165) is 24.6 Å². The van der Waals surface area contributed by atoms with Gasteiger partial charge in [-0.2, -0.15) is 22.5 Å². The molecule has 0 aliphatic carbocycles. The Bertz CT molecular complexity index is 443. The van der Waals surface area contributed by atoms with Crippen LogP contribution in [0.3, 0.4) is 0 Å². The molecule has 2 heterocycles. The van der Waals surface area contributed by atoms with E-state index in [4.69, 9.17) is 4.74 Å². The normalized spacial score (nSPS) is 18.2. The van der Waals surface area contributed by atoms with Crippen LogP contribution >= 0.6 is 11.5 Å². The van der Waals surface area contributed by atoms with Crippen molar-refractivity contribution in [3.05, 3.63) is 5.82 Å². The monoisotopic (exact) mass is 310 g/mol. The lowest BCUT2D eigenvalue weighted by Crippen LogP contribution is -2.53. The summed E-state index contributed by atoms with van der Waals surface area (Å²) in [6.45, 7) is 7.58. The van der Waals surface area contributed by atoms with Crippen LogP contribution in [-0.4, -0.2) is 52.6 Å². The second-order valence-electron chi connectivity index (χ2n) is 5.19. The van der Waals surface area contributed by atoms with Gasteiger partial charge in [-0.05, 0) is 13.8 Å². The zero-order valence-electron chi connectivity index (χ0n) is 11.3. The van der Waals surface area contributed by atoms with E-state index in [2.05, 4.69) is 19.6 Å². The maximum Gasteiger partial charge on any atom is 0.452 e. The molecule has 2 rings (SSSR count). The number of ether oxygens (including phenoxy) is 1. The van der Waals surface area contributed by atoms with Crippen LogP contribution in [0.2, 0.25) is 0 Å². The molecule has 1 aromatic heterocycles. The standard InChI is InChI=1S/C11H17F3N4OS/c1-10(2,18-3-5-19-6-4-18)7-15-9-16-8(17-20-9)11(12,13)14/h3-7H2,1-2H3,(H,15,16,17). The van der Waals surface area contributed by atoms with E-state index in [1.54, 1.807) is 0 Å². The van der Waals surface area contributed by atoms with Crippen LogP contribution in [-0.2, 0) is 10.9 Å². The minimum Gasteiger partial charge on any atom is -0.379 e. The third-order valence-corrected chi connectivity index (χ3v) is 3.89. The van der Waals surface area contributed by atoms with Crippen molar-refractivity contribution in [1.82, 2.24) is 14.3 Å². The van der Waals surface area contributed by atoms with Crippen LogP contribution in [0.4, 0.5) is 18.3 Å². The lowest BCUT2D eigenvalue weighted by atomic mass is 10.0. The number of aromatic nitrogens is 2. The first-order valence-electron chi connectivity index (χ1n) is 6.26. The van der Waals surface area contributed by atoms with E-state index in [9.17, 15) is 13.2 Å². The van der Waals surface area contributed by atoms with Crippen LogP contribution in [0.15, 0.2) is 0 Å². The summed E-state index contributed by atoms with van der Waals surface area (Å²) in [6, 6.07) is 0. The summed E-state index contributed by atoms with van der Waals surface area (Å²) in [6.07, 6.45) is -4.49. The minimum absolute atomic E-state index is 0.187. The second kappa shape index (κ2) is 5.82. The number of anilines is 1. The summed E-state index contributed by atoms with van der Waals surface area (Å²) in [5.41, 5.74) is -0.187. The smallest absolute Gasteiger partial charge is 0.379 e. The Labute approximate surface area is 119 Å². The highest BCUT2D eigenvalue weighted by Gasteiger charge is 2.36. The van der Waals surface area contributed by atoms with Gasteiger partial charge in [0.05, 0.1) is 13.2 Å². The molecule has 20 heavy (non-hydrogen) atoms. The summed E-state index contributed by atoms with van der Waals surface area (Å²) in [7, 11) is 0. The molecule has 0 spiro atoms. The highest BCUT2D eigenvalue weighted by atomic mass is 32.1. The van der Waals surface area contributed by atoms with Gasteiger partial charge in [0.25, 0.3) is 0 Å². The summed E-state index contributed by atoms with van der Waals surface area (Å²) in [5.74, 6) is -1.09. The molecule has 0 bridgehead atoms. The Morgan fingerprint density at radius 2 is 1.95 bits per heavy atom. The Kier molecular flexibility index (Phi) is 4.50. The van der Waals surface area contributed by atoms with Crippen LogP contribution in [0.5, 0.6) is 0 Å². The average Bonchev–Trinajstić information content (AvgIpc) is 2.86. The maximum absolute atomic E-state index is 12.4. The third kappa shape index (κ3) is 3.80. The van der Waals surface area contributed by atoms with Gasteiger partial charge in [0, 0.05) is 36.7 Å². The molecule has 0 aromatic carbocycles. The van der Waals surface area contributed by atoms with Crippen LogP contribution < -0.4 is 5.32 Å². The van der Waals surface area contributed by atoms with Crippen LogP contribution in [0, 0.1) is 0 Å². The number of rotatable bonds is 4. The van der Waals surface area contributed by atoms with Crippen LogP contribution in [0.1, 0.15) is 19.7 Å². The number of alkyl halides is 3. The molecule has 1 aliphatic rings. The fourth-order valence-corrected chi connectivity index (χ4v) is 2.56. The van der Waals surface area contributed by atoms with Gasteiger partial charge in [0.2, 0.25) is 11.0 Å². The first-order chi connectivity index (χ1) is 9.29. The highest BCUT2D eigenvalue weighted by molar-refractivity contribution is 7.09. The number of nitrogens with zero attached hydrogens (tertiary/aromatic N) is 3. The van der Waals surface area contributed by atoms with Crippen molar-refractivity contribution in [2.45, 2.75) is 25.6 Å². The molecule has 1 N–H and O–H groups in total. The predicted molar refractivity (Wildman–Crippen MR) is 69.9 cm³/mol. The van der Waals surface area contributed by atoms with Crippen molar-refractivity contribution in [3.8, 4) is 0 Å². The van der Waals surface area contributed by atoms with E-state index in [0.29, 0.717) is 19.8 Å². The zero-order chi connectivity index (χ0) is 14.8. The van der Waals surface area contributed by atoms with Gasteiger partial charge in [-0.3, -0.25) is 4.90 Å². The molecule has 0 unspecified atom stereocenters. The molecule has 0 radical (unpaired) electrons. The molecular formula is C11H17F3N4OS. The van der Waals surface area contributed by atoms with Gasteiger partial charge in [0.15, 0.2) is 0 Å². The molecule has 1 aliphatic heterocycles. The lowest BCUT2D eigenvalue weighted by molar-refractivity contribution is -0.144. The predicted octanol–water partition coefficient (Wildman–Crippen LogP) is 2.08. The SMILES string of the molecule is CC(C)(CNc1nc(C(F)(F)F)ns1)N1CCOCC1. The van der Waals surface area contributed by atoms with E-state index < -0.39 is 12.0 Å². The Morgan fingerprint density at radius 1 is 1.30 bits per heavy atom. The molecular weight excluding hydrogens is 293 g/mol. The first kappa shape index (κ1) is 15.5. The largest absolute Gasteiger partial charge is 0.452 e. The molecule has 1 saturated heterocycles. The summed E-state index contributed by atoms with van der Waals surface area (Å²) in [4.78, 5) is 5.70. The molecule has 1 aromatic rings. The quantitative estimate of drug-likeness (QED) is 0.923. The van der Waals surface area contributed by atoms with Gasteiger partial charge in [-0.25, -0.2) is 0 Å². The molecule has 0 amide bonds. The van der Waals surface area contributed by atoms with Crippen molar-refractivity contribution in [1.29, 1.82) is 0 Å². The lowest BCUT2D eigenvalue weighted by Gasteiger charge is -2.40. The van der Waals surface area contributed by atoms with Gasteiger partial charge < -0.3 is 10.1 Å². The van der Waals surface area contributed by atoms with Gasteiger partial charge >= 0.3 is 6.18 Å². The molecule has 114 valence electrons. The van der Waals surface area contributed by atoms with Crippen LogP contribution in [0.25, 0.3) is 0 Å². The van der Waals surface area contributed by atoms with Crippen molar-refractivity contribution < 1.29 is 17.9 Å². The zero-order valence-corrected chi connectivity index (χ0v) is 12.1. The highest BCUT2D eigenvalue weighted by Crippen LogP contribution is 2.29. The third-order valence-electron chi connectivity index (χ3n) is 3.22. The van der Waals surface area contributed by atoms with Crippen molar-refractivity contribution in [2.75, 3.05) is 38.2 Å². The fraction of sp³-hybridized carbons (Fsp3) is 0.818.